The van der Waals surface area contributed by atoms with E-state index in [0.29, 0.717) is 16.9 Å². The van der Waals surface area contributed by atoms with Crippen LogP contribution in [-0.4, -0.2) is 43.8 Å². The Kier molecular flexibility index (Phi) is 6.70. The van der Waals surface area contributed by atoms with E-state index in [1.807, 2.05) is 78.9 Å². The first-order chi connectivity index (χ1) is 21.4. The number of hydrogen-bond acceptors (Lipinski definition) is 6. The van der Waals surface area contributed by atoms with Crippen LogP contribution in [0.4, 0.5) is 0 Å². The van der Waals surface area contributed by atoms with Crippen molar-refractivity contribution >= 4 is 17.1 Å². The Morgan fingerprint density at radius 3 is 2.25 bits per heavy atom. The van der Waals surface area contributed by atoms with E-state index in [2.05, 4.69) is 0 Å². The summed E-state index contributed by atoms with van der Waals surface area (Å²) < 4.78 is 9.59. The molecule has 3 aromatic carbocycles. The first kappa shape index (κ1) is 27.8. The van der Waals surface area contributed by atoms with Crippen LogP contribution < -0.4 is 16.1 Å². The highest BCUT2D eigenvalue weighted by atomic mass is 16.5. The number of ether oxygens (including phenoxy) is 1. The van der Waals surface area contributed by atoms with Crippen LogP contribution in [-0.2, 0) is 28.6 Å². The maximum atomic E-state index is 14.9. The van der Waals surface area contributed by atoms with Crippen LogP contribution in [0.3, 0.4) is 0 Å². The molecule has 9 heteroatoms. The number of aromatic nitrogens is 3. The van der Waals surface area contributed by atoms with Gasteiger partial charge >= 0.3 is 11.4 Å². The molecule has 0 amide bonds. The fraction of sp³-hybridized carbons (Fsp3) is 0.257. The fourth-order valence-corrected chi connectivity index (χ4v) is 7.54. The van der Waals surface area contributed by atoms with Gasteiger partial charge < -0.3 is 9.84 Å². The van der Waals surface area contributed by atoms with Gasteiger partial charge in [-0.05, 0) is 46.9 Å². The van der Waals surface area contributed by atoms with Gasteiger partial charge in [0, 0.05) is 24.5 Å². The van der Waals surface area contributed by atoms with E-state index in [1.54, 1.807) is 12.1 Å². The summed E-state index contributed by atoms with van der Waals surface area (Å²) in [5, 5.41) is 9.23. The molecule has 1 fully saturated rings. The number of hydrogen-bond donors (Lipinski definition) is 1. The van der Waals surface area contributed by atoms with E-state index in [-0.39, 0.29) is 37.7 Å². The van der Waals surface area contributed by atoms with Crippen LogP contribution in [0, 0.1) is 5.92 Å². The number of rotatable bonds is 6. The number of ketones is 2. The molecule has 2 heterocycles. The van der Waals surface area contributed by atoms with Crippen molar-refractivity contribution in [2.75, 3.05) is 13.2 Å². The molecule has 1 saturated carbocycles. The van der Waals surface area contributed by atoms with Gasteiger partial charge in [0.1, 0.15) is 12.4 Å². The minimum absolute atomic E-state index is 0.127. The summed E-state index contributed by atoms with van der Waals surface area (Å²) >= 11 is 0. The Morgan fingerprint density at radius 2 is 1.57 bits per heavy atom. The van der Waals surface area contributed by atoms with Crippen LogP contribution >= 0.6 is 0 Å². The van der Waals surface area contributed by atoms with E-state index in [0.717, 1.165) is 21.3 Å². The lowest BCUT2D eigenvalue weighted by atomic mass is 9.47. The van der Waals surface area contributed by atoms with Gasteiger partial charge in [0.25, 0.3) is 0 Å². The standard InChI is InChI=1S/C35H31N3O6/c1-36-33(42)37-17-16-26-29(38(37)34(36)43)21-28-32(41)27(22-8-4-2-5-9-22)20-30(40)35(28,24-10-6-3-7-11-24)31(26)23-12-14-25(15-13-23)44-19-18-39/h2-16,20,28-29,31,39H,17-19,21H2,1H3/t28-,29+,31-,35-/m0/s1. The van der Waals surface area contributed by atoms with Crippen LogP contribution in [0.5, 0.6) is 5.75 Å². The normalized spacial score (nSPS) is 24.1. The number of carbonyl (C=O) groups is 2. The molecule has 1 N–H and O–H groups in total. The summed E-state index contributed by atoms with van der Waals surface area (Å²) in [7, 11) is 1.45. The molecule has 0 spiro atoms. The Labute approximate surface area is 252 Å². The van der Waals surface area contributed by atoms with Crippen molar-refractivity contribution < 1.29 is 19.4 Å². The lowest BCUT2D eigenvalue weighted by Crippen LogP contribution is -2.58. The SMILES string of the molecule is Cn1c(=O)n2n(c1=O)[C@@H]1C[C@H]3C(=O)C(c4ccccc4)=CC(=O)[C@@]3(c3ccccc3)[C@@H](c3ccc(OCCO)cc3)C1=CC2. The van der Waals surface area contributed by atoms with Crippen molar-refractivity contribution in [3.63, 3.8) is 0 Å². The highest BCUT2D eigenvalue weighted by Crippen LogP contribution is 2.61. The van der Waals surface area contributed by atoms with Gasteiger partial charge in [-0.1, -0.05) is 78.9 Å². The zero-order valence-corrected chi connectivity index (χ0v) is 24.1. The van der Waals surface area contributed by atoms with Gasteiger partial charge in [-0.2, -0.15) is 0 Å². The zero-order valence-electron chi connectivity index (χ0n) is 24.1. The van der Waals surface area contributed by atoms with Gasteiger partial charge in [-0.3, -0.25) is 9.59 Å². The molecule has 7 rings (SSSR count). The van der Waals surface area contributed by atoms with Crippen LogP contribution in [0.15, 0.2) is 112 Å². The third-order valence-corrected chi connectivity index (χ3v) is 9.40. The van der Waals surface area contributed by atoms with Gasteiger partial charge in [-0.25, -0.2) is 23.5 Å². The Hall–Kier alpha value is -5.02. The molecular formula is C35H31N3O6. The second-order valence-electron chi connectivity index (χ2n) is 11.5. The van der Waals surface area contributed by atoms with Crippen molar-refractivity contribution in [1.82, 2.24) is 13.9 Å². The first-order valence-electron chi connectivity index (χ1n) is 14.7. The molecule has 2 aliphatic carbocycles. The van der Waals surface area contributed by atoms with E-state index in [9.17, 15) is 24.3 Å². The minimum Gasteiger partial charge on any atom is -0.491 e. The Balaban J connectivity index is 1.51. The molecule has 0 saturated heterocycles. The molecule has 0 bridgehead atoms. The minimum atomic E-state index is -1.30. The molecule has 9 nitrogen and oxygen atoms in total. The molecule has 4 aromatic rings. The first-order valence-corrected chi connectivity index (χ1v) is 14.7. The molecule has 0 radical (unpaired) electrons. The summed E-state index contributed by atoms with van der Waals surface area (Å²) in [4.78, 5) is 56.1. The number of aliphatic hydroxyl groups excluding tert-OH is 1. The lowest BCUT2D eigenvalue weighted by molar-refractivity contribution is -0.133. The fourth-order valence-electron chi connectivity index (χ4n) is 7.54. The maximum Gasteiger partial charge on any atom is 0.347 e. The average molecular weight is 590 g/mol. The largest absolute Gasteiger partial charge is 0.491 e. The number of aliphatic hydroxyl groups is 1. The smallest absolute Gasteiger partial charge is 0.347 e. The highest BCUT2D eigenvalue weighted by Gasteiger charge is 2.63. The molecule has 1 aromatic heterocycles. The number of Topliss-reactive ketones (excluding diaryl/α,β-unsaturated/α-hetero) is 1. The molecule has 1 aliphatic heterocycles. The van der Waals surface area contributed by atoms with Crippen LogP contribution in [0.2, 0.25) is 0 Å². The van der Waals surface area contributed by atoms with Gasteiger partial charge in [0.05, 0.1) is 24.6 Å². The van der Waals surface area contributed by atoms with Crippen molar-refractivity contribution in [3.05, 3.63) is 140 Å². The van der Waals surface area contributed by atoms with Gasteiger partial charge in [0.15, 0.2) is 11.6 Å². The van der Waals surface area contributed by atoms with E-state index in [1.165, 1.54) is 22.5 Å². The predicted molar refractivity (Wildman–Crippen MR) is 163 cm³/mol. The molecule has 4 atom stereocenters. The topological polar surface area (TPSA) is 113 Å². The van der Waals surface area contributed by atoms with E-state index >= 15 is 0 Å². The third-order valence-electron chi connectivity index (χ3n) is 9.40. The lowest BCUT2D eigenvalue weighted by Gasteiger charge is -2.54. The number of fused-ring (bicyclic) bond motifs is 4. The number of allylic oxidation sites excluding steroid dienone is 4. The molecule has 3 aliphatic rings. The van der Waals surface area contributed by atoms with Gasteiger partial charge in [-0.15, -0.1) is 0 Å². The zero-order chi connectivity index (χ0) is 30.6. The Morgan fingerprint density at radius 1 is 0.886 bits per heavy atom. The van der Waals surface area contributed by atoms with Crippen molar-refractivity contribution in [3.8, 4) is 5.75 Å². The Bertz CT molecular complexity index is 1950. The number of carbonyl (C=O) groups excluding carboxylic acids is 2. The summed E-state index contributed by atoms with van der Waals surface area (Å²) in [6, 6.07) is 25.3. The third kappa shape index (κ3) is 3.96. The molecule has 222 valence electrons. The summed E-state index contributed by atoms with van der Waals surface area (Å²) in [6.45, 7) is 0.177. The van der Waals surface area contributed by atoms with E-state index < -0.39 is 34.7 Å². The van der Waals surface area contributed by atoms with Crippen LogP contribution in [0.1, 0.15) is 35.1 Å². The number of nitrogens with zero attached hydrogens (tertiary/aromatic N) is 3. The summed E-state index contributed by atoms with van der Waals surface area (Å²) in [5.41, 5.74) is 1.14. The quantitative estimate of drug-likeness (QED) is 0.346. The maximum absolute atomic E-state index is 14.9. The highest BCUT2D eigenvalue weighted by molar-refractivity contribution is 6.31. The summed E-state index contributed by atoms with van der Waals surface area (Å²) in [5.74, 6) is -1.25. The van der Waals surface area contributed by atoms with Crippen molar-refractivity contribution in [1.29, 1.82) is 0 Å². The van der Waals surface area contributed by atoms with Crippen molar-refractivity contribution in [2.24, 2.45) is 13.0 Å². The molecule has 0 unspecified atom stereocenters. The monoisotopic (exact) mass is 589 g/mol. The predicted octanol–water partition coefficient (Wildman–Crippen LogP) is 3.18. The second-order valence-corrected chi connectivity index (χ2v) is 11.5. The average Bonchev–Trinajstić information content (AvgIpc) is 3.29. The van der Waals surface area contributed by atoms with Crippen molar-refractivity contribution in [2.45, 2.75) is 30.3 Å². The molecule has 44 heavy (non-hydrogen) atoms. The van der Waals surface area contributed by atoms with Crippen LogP contribution in [0.25, 0.3) is 5.57 Å². The van der Waals surface area contributed by atoms with E-state index in [4.69, 9.17) is 4.74 Å². The van der Waals surface area contributed by atoms with Gasteiger partial charge in [0.2, 0.25) is 0 Å². The molecular weight excluding hydrogens is 558 g/mol. The number of benzene rings is 3. The second kappa shape index (κ2) is 10.6. The summed E-state index contributed by atoms with van der Waals surface area (Å²) in [6.07, 6.45) is 3.62.